The summed E-state index contributed by atoms with van der Waals surface area (Å²) in [6.45, 7) is 39.0. The van der Waals surface area contributed by atoms with E-state index in [1.165, 1.54) is 18.1 Å². The predicted octanol–water partition coefficient (Wildman–Crippen LogP) is 14.5. The number of fused-ring (bicyclic) bond motifs is 5. The molecule has 9 heterocycles. The number of ether oxygens (including phenoxy) is 8. The number of halogens is 4. The van der Waals surface area contributed by atoms with Crippen molar-refractivity contribution in [2.75, 3.05) is 102 Å². The lowest BCUT2D eigenvalue weighted by Crippen LogP contribution is -2.37. The summed E-state index contributed by atoms with van der Waals surface area (Å²) in [4.78, 5) is 98.1. The Morgan fingerprint density at radius 3 is 1.49 bits per heavy atom. The molecule has 0 saturated carbocycles. The van der Waals surface area contributed by atoms with E-state index >= 15 is 0 Å². The minimum Gasteiger partial charge on any atom is -0.508 e. The molecule has 46 heteroatoms. The summed E-state index contributed by atoms with van der Waals surface area (Å²) in [5, 5.41) is 51.3. The van der Waals surface area contributed by atoms with Crippen LogP contribution in [0.2, 0.25) is 32.4 Å². The van der Waals surface area contributed by atoms with E-state index in [9.17, 15) is 33.9 Å². The van der Waals surface area contributed by atoms with E-state index < -0.39 is 47.4 Å². The van der Waals surface area contributed by atoms with Gasteiger partial charge >= 0.3 is 30.1 Å². The maximum atomic E-state index is 12.8. The molecule has 41 nitrogen and oxygen atoms in total. The first-order valence-corrected chi connectivity index (χ1v) is 48.7. The van der Waals surface area contributed by atoms with Crippen molar-refractivity contribution >= 4 is 172 Å². The van der Waals surface area contributed by atoms with Crippen molar-refractivity contribution in [1.82, 2.24) is 74.3 Å². The average molecular weight is 2000 g/mol. The molecule has 8 aromatic heterocycles. The Morgan fingerprint density at radius 1 is 0.609 bits per heavy atom. The van der Waals surface area contributed by atoms with Crippen LogP contribution in [0.4, 0.5) is 61.8 Å². The molecule has 3 amide bonds. The quantitative estimate of drug-likeness (QED) is 0.0104. The van der Waals surface area contributed by atoms with Crippen LogP contribution in [0.3, 0.4) is 0 Å². The summed E-state index contributed by atoms with van der Waals surface area (Å²) < 4.78 is 49.1. The number of carbonyl (C=O) groups excluding carboxylic acids is 6. The van der Waals surface area contributed by atoms with Crippen LogP contribution in [0, 0.1) is 6.57 Å². The maximum Gasteiger partial charge on any atom is 0.407 e. The number of alkyl carbamates (subject to hydrolysis) is 2. The number of anilines is 8. The van der Waals surface area contributed by atoms with Gasteiger partial charge < -0.3 is 113 Å². The molecule has 742 valence electrons. The highest BCUT2D eigenvalue weighted by atomic mass is 35.5. The van der Waals surface area contributed by atoms with E-state index in [1.54, 1.807) is 167 Å². The molecule has 2 bridgehead atoms. The molecule has 12 aromatic rings. The number of aliphatic hydroxyl groups is 1. The van der Waals surface area contributed by atoms with E-state index in [1.807, 2.05) is 68.7 Å². The molecule has 4 aromatic carbocycles. The third kappa shape index (κ3) is 31.8. The molecule has 138 heavy (non-hydrogen) atoms. The van der Waals surface area contributed by atoms with Gasteiger partial charge in [0.05, 0.1) is 45.6 Å². The van der Waals surface area contributed by atoms with Gasteiger partial charge in [-0.05, 0) is 171 Å². The zero-order chi connectivity index (χ0) is 101. The molecule has 13 rings (SSSR count). The number of amides is 3. The van der Waals surface area contributed by atoms with Crippen molar-refractivity contribution in [2.24, 2.45) is 5.73 Å². The highest BCUT2D eigenvalue weighted by molar-refractivity contribution is 6.54. The summed E-state index contributed by atoms with van der Waals surface area (Å²) in [7, 11) is 0. The monoisotopic (exact) mass is 2000 g/mol. The fourth-order valence-electron chi connectivity index (χ4n) is 12.6. The van der Waals surface area contributed by atoms with Crippen LogP contribution >= 0.6 is 47.2 Å². The zero-order valence-corrected chi connectivity index (χ0v) is 84.6. The summed E-state index contributed by atoms with van der Waals surface area (Å²) in [6.07, 6.45) is 4.32. The molecule has 0 spiro atoms. The minimum absolute atomic E-state index is 0. The highest BCUT2D eigenvalue weighted by Crippen LogP contribution is 2.36. The van der Waals surface area contributed by atoms with Crippen molar-refractivity contribution in [1.29, 1.82) is 0 Å². The Morgan fingerprint density at radius 2 is 1.04 bits per heavy atom. The van der Waals surface area contributed by atoms with Crippen LogP contribution in [0.25, 0.3) is 27.4 Å². The van der Waals surface area contributed by atoms with Crippen LogP contribution in [-0.4, -0.2) is 213 Å². The maximum absolute atomic E-state index is 12.8. The number of nitrogen functional groups attached to an aromatic ring is 4. The Bertz CT molecular complexity index is 6180. The standard InChI is InChI=1S/C24H31ClN6O5.C20H21N7O2.C19H23ClN6O3.C18H20ClN5O3.C8H17NO3.3CH3.Al.ClH/c1-6-34-22(32)19-20(26)30-31-11-10-18(29-21(19)31)27-13-15-16(25)8-7-9-17(15)35-14(2)12-28-23(33)36-24(3,4)5;1-4-26-11-13-14(22-3)6-5-7-15(13)29-12(2)10-23-20(28)17-18(21)25-27-9-8-16(26)24-19(17)27;1-3-28-19(27)16-17(22)25-26-8-7-15(24-18(16)26)23-10-12-13(20)5-4-6-14(12)29-11(2)9-21;1-3-23(10-11-12(19)6-5-7-13(11)25)14-8-9-24-17(21-14)15(16(20)22-24)18(26)27-4-2;1-6(10)5-9-7(11)12-8(2,3)4;;;;;/h7-11,14H,6,12-13H2,1-5H3,(H2,26,30)(H,27,29)(H,28,33);5-9,12H,4,10-11H2,1-2H3,(H2,21,25)(H,23,28);4-8,11H,3,9-10,21H2,1-2H3,(H2,22,25)(H,23,24);5-9,25H,3-4,10H2,1-2H3,(H2,20,22);6,10H,5H2,1-4H3,(H,9,11);3*1H3;;1H/t14-;12-;11-;;6-;;;;;/m000.1...../s1. The second kappa shape index (κ2) is 52.1. The third-order valence-corrected chi connectivity index (χ3v) is 20.0. The van der Waals surface area contributed by atoms with Crippen molar-refractivity contribution < 1.29 is 76.9 Å². The number of rotatable bonds is 26. The number of hydrogen-bond donors (Lipinski definition) is 12. The molecule has 0 saturated heterocycles. The van der Waals surface area contributed by atoms with Crippen LogP contribution in [0.1, 0.15) is 168 Å². The van der Waals surface area contributed by atoms with Gasteiger partial charge in [0, 0.05) is 114 Å². The lowest BCUT2D eigenvalue weighted by atomic mass is 10.1. The van der Waals surface area contributed by atoms with Gasteiger partial charge in [-0.2, -0.15) is 0 Å². The van der Waals surface area contributed by atoms with Crippen molar-refractivity contribution in [3.63, 3.8) is 0 Å². The lowest BCUT2D eigenvalue weighted by molar-refractivity contribution is 0.0490. The number of aromatic nitrogens is 12. The van der Waals surface area contributed by atoms with Gasteiger partial charge in [-0.1, -0.05) is 65.1 Å². The molecule has 0 radical (unpaired) electrons. The van der Waals surface area contributed by atoms with Gasteiger partial charge in [0.1, 0.15) is 98.0 Å². The number of esters is 3. The number of aromatic hydroxyl groups is 1. The summed E-state index contributed by atoms with van der Waals surface area (Å²) in [5.41, 5.74) is 33.5. The van der Waals surface area contributed by atoms with Crippen LogP contribution in [-0.2, 0) is 49.9 Å². The molecule has 0 fully saturated rings. The summed E-state index contributed by atoms with van der Waals surface area (Å²) >= 11 is 18.9. The van der Waals surface area contributed by atoms with E-state index in [4.69, 9.17) is 113 Å². The Balaban J connectivity index is 0.000000238. The number of nitrogens with one attached hydrogen (secondary N) is 5. The van der Waals surface area contributed by atoms with E-state index in [-0.39, 0.29) is 154 Å². The number of carbonyl (C=O) groups is 6. The smallest absolute Gasteiger partial charge is 0.407 e. The molecule has 0 aliphatic carbocycles. The van der Waals surface area contributed by atoms with Crippen molar-refractivity contribution in [3.05, 3.63) is 193 Å². The summed E-state index contributed by atoms with van der Waals surface area (Å²) in [6, 6.07) is 28.1. The second-order valence-electron chi connectivity index (χ2n) is 33.3. The van der Waals surface area contributed by atoms with Gasteiger partial charge in [-0.25, -0.2) is 66.8 Å². The molecule has 0 unspecified atom stereocenters. The Hall–Kier alpha value is -13.5. The van der Waals surface area contributed by atoms with E-state index in [0.29, 0.717) is 129 Å². The molecule has 1 aliphatic rings. The minimum atomic E-state index is -0.592. The second-order valence-corrected chi connectivity index (χ2v) is 38.0. The third-order valence-electron chi connectivity index (χ3n) is 18.9. The zero-order valence-electron chi connectivity index (χ0n) is 80.4. The lowest BCUT2D eigenvalue weighted by Gasteiger charge is -2.25. The fraction of sp³-hybridized carbons (Fsp3) is 0.402. The van der Waals surface area contributed by atoms with Gasteiger partial charge in [-0.3, -0.25) is 4.79 Å². The Kier molecular flexibility index (Phi) is 42.1. The number of aliphatic hydroxyl groups excluding tert-OH is 1. The van der Waals surface area contributed by atoms with Crippen LogP contribution in [0.5, 0.6) is 23.0 Å². The number of phenols is 1. The van der Waals surface area contributed by atoms with Gasteiger partial charge in [0.2, 0.25) is 0 Å². The van der Waals surface area contributed by atoms with Gasteiger partial charge in [0.25, 0.3) is 20.1 Å². The molecular formula is C92H122AlCl4N25O16. The normalized spacial score (nSPS) is 12.8. The predicted molar refractivity (Wildman–Crippen MR) is 537 cm³/mol. The highest BCUT2D eigenvalue weighted by Gasteiger charge is 2.29. The van der Waals surface area contributed by atoms with Crippen LogP contribution in [0.15, 0.2) is 122 Å². The fourth-order valence-corrected chi connectivity index (χ4v) is 13.3. The van der Waals surface area contributed by atoms with E-state index in [0.717, 1.165) is 11.1 Å². The topological polar surface area (TPSA) is 539 Å². The summed E-state index contributed by atoms with van der Waals surface area (Å²) in [5.74, 6) is 9.29. The number of phenolic OH excluding ortho intramolecular Hbond substituents is 1. The molecule has 4 atom stereocenters. The van der Waals surface area contributed by atoms with Gasteiger partial charge in [-0.15, -0.1) is 50.2 Å². The number of hydrogen-bond acceptors (Lipinski definition) is 33. The first-order chi connectivity index (χ1) is 64.9. The molecule has 17 N–H and O–H groups in total. The number of nitrogens with zero attached hydrogens (tertiary/aromatic N) is 15. The van der Waals surface area contributed by atoms with Crippen molar-refractivity contribution in [2.45, 2.75) is 183 Å². The van der Waals surface area contributed by atoms with Crippen molar-refractivity contribution in [3.8, 4) is 23.0 Å². The van der Waals surface area contributed by atoms with Crippen LogP contribution < -0.4 is 79.3 Å². The SMILES string of the molecule is CCOC(=O)c1c(N)nn2ccc(N(CC)Cc3c(O)cccc3Cl)nc12.CCOC(=O)c1c(N)nn2ccc(NCc3c(Cl)cccc3O[C@@H](C)CN)nc12.CCOC(=O)c1c(N)nn2ccc(NCc3c(Cl)cccc3O[C@@H](C)CNC(=O)OC(C)(C)C)nc12.C[C@@H](O)CNC(=O)OC(C)(C)C.Cl.[C-]#[N+]c1cccc2c1CN(CC)c1ccn3nc(N)c(c3n1)C(=O)NC[C@H](C)O2.[CH3][Al]([CH3])[CH3]. The molecule has 1 aliphatic heterocycles. The van der Waals surface area contributed by atoms with Gasteiger partial charge in [0.15, 0.2) is 51.5 Å². The number of benzene rings is 4. The van der Waals surface area contributed by atoms with E-state index in [2.05, 4.69) is 89.1 Å². The Labute approximate surface area is 825 Å². The average Bonchev–Trinajstić information content (AvgIpc) is 1.64. The number of nitrogens with two attached hydrogens (primary N) is 5. The molecular weight excluding hydrogens is 1880 g/mol. The first kappa shape index (κ1) is 111. The first-order valence-electron chi connectivity index (χ1n) is 44.1. The largest absolute Gasteiger partial charge is 0.508 e.